The lowest BCUT2D eigenvalue weighted by atomic mass is 9.95. The normalized spacial score (nSPS) is 17.4. The summed E-state index contributed by atoms with van der Waals surface area (Å²) in [5.74, 6) is -0.945. The molecule has 0 bridgehead atoms. The van der Waals surface area contributed by atoms with E-state index < -0.39 is 17.7 Å². The van der Waals surface area contributed by atoms with E-state index in [-0.39, 0.29) is 11.3 Å². The number of nitrogens with zero attached hydrogens (tertiary/aromatic N) is 2. The molecule has 1 aliphatic heterocycles. The minimum absolute atomic E-state index is 0.0252. The molecule has 1 aromatic heterocycles. The van der Waals surface area contributed by atoms with Crippen molar-refractivity contribution in [1.82, 2.24) is 4.98 Å². The lowest BCUT2D eigenvalue weighted by Crippen LogP contribution is -2.30. The van der Waals surface area contributed by atoms with Crippen molar-refractivity contribution < 1.29 is 19.4 Å². The maximum absolute atomic E-state index is 13.1. The van der Waals surface area contributed by atoms with Crippen LogP contribution in [-0.4, -0.2) is 28.4 Å². The summed E-state index contributed by atoms with van der Waals surface area (Å²) in [6.07, 6.45) is 3.16. The minimum atomic E-state index is -0.862. The highest BCUT2D eigenvalue weighted by Crippen LogP contribution is 2.41. The largest absolute Gasteiger partial charge is 0.507 e. The van der Waals surface area contributed by atoms with Gasteiger partial charge in [-0.3, -0.25) is 14.5 Å². The van der Waals surface area contributed by atoms with E-state index in [1.54, 1.807) is 72.8 Å². The third kappa shape index (κ3) is 4.00. The van der Waals surface area contributed by atoms with Crippen molar-refractivity contribution in [2.45, 2.75) is 6.04 Å². The zero-order valence-corrected chi connectivity index (χ0v) is 17.7. The first-order chi connectivity index (χ1) is 15.5. The summed E-state index contributed by atoms with van der Waals surface area (Å²) >= 11 is 6.04. The predicted molar refractivity (Wildman–Crippen MR) is 123 cm³/mol. The van der Waals surface area contributed by atoms with E-state index in [9.17, 15) is 14.7 Å². The number of anilines is 1. The molecule has 1 N–H and O–H groups in total. The highest BCUT2D eigenvalue weighted by atomic mass is 35.5. The molecule has 0 spiro atoms. The Hall–Kier alpha value is -3.90. The fourth-order valence-corrected chi connectivity index (χ4v) is 3.67. The second kappa shape index (κ2) is 9.08. The van der Waals surface area contributed by atoms with Crippen LogP contribution < -0.4 is 9.64 Å². The number of ether oxygens (including phenoxy) is 1. The number of carbonyl (C=O) groups is 2. The molecule has 2 heterocycles. The van der Waals surface area contributed by atoms with Gasteiger partial charge in [-0.2, -0.15) is 0 Å². The number of carbonyl (C=O) groups excluding carboxylic acids is 2. The van der Waals surface area contributed by atoms with Gasteiger partial charge in [0.05, 0.1) is 11.6 Å². The third-order valence-corrected chi connectivity index (χ3v) is 5.27. The van der Waals surface area contributed by atoms with Crippen LogP contribution in [0.3, 0.4) is 0 Å². The van der Waals surface area contributed by atoms with E-state index in [1.807, 2.05) is 0 Å². The number of ketones is 1. The van der Waals surface area contributed by atoms with E-state index in [2.05, 4.69) is 11.6 Å². The quantitative estimate of drug-likeness (QED) is 0.251. The van der Waals surface area contributed by atoms with Gasteiger partial charge in [-0.15, -0.1) is 0 Å². The van der Waals surface area contributed by atoms with E-state index in [0.717, 1.165) is 0 Å². The number of aliphatic hydroxyl groups excluding tert-OH is 1. The van der Waals surface area contributed by atoms with Gasteiger partial charge in [-0.05, 0) is 54.1 Å². The lowest BCUT2D eigenvalue weighted by Gasteiger charge is -2.24. The van der Waals surface area contributed by atoms with Gasteiger partial charge in [0.2, 0.25) is 0 Å². The molecule has 1 fully saturated rings. The molecule has 0 unspecified atom stereocenters. The first-order valence-electron chi connectivity index (χ1n) is 9.83. The van der Waals surface area contributed by atoms with Crippen LogP contribution in [0.1, 0.15) is 17.2 Å². The molecular formula is C25H19ClN2O4. The Morgan fingerprint density at radius 3 is 2.44 bits per heavy atom. The number of hydrogen-bond acceptors (Lipinski definition) is 5. The van der Waals surface area contributed by atoms with E-state index in [4.69, 9.17) is 16.3 Å². The first-order valence-corrected chi connectivity index (χ1v) is 10.2. The second-order valence-electron chi connectivity index (χ2n) is 7.03. The summed E-state index contributed by atoms with van der Waals surface area (Å²) in [6.45, 7) is 3.95. The topological polar surface area (TPSA) is 79.7 Å². The minimum Gasteiger partial charge on any atom is -0.507 e. The number of aliphatic hydroxyl groups is 1. The predicted octanol–water partition coefficient (Wildman–Crippen LogP) is 4.93. The molecule has 0 radical (unpaired) electrons. The third-order valence-electron chi connectivity index (χ3n) is 5.02. The molecule has 160 valence electrons. The van der Waals surface area contributed by atoms with Crippen molar-refractivity contribution in [3.8, 4) is 5.75 Å². The van der Waals surface area contributed by atoms with Crippen LogP contribution in [0, 0.1) is 0 Å². The van der Waals surface area contributed by atoms with Gasteiger partial charge >= 0.3 is 5.91 Å². The van der Waals surface area contributed by atoms with Crippen LogP contribution in [0.15, 0.2) is 91.2 Å². The number of pyridine rings is 1. The van der Waals surface area contributed by atoms with Gasteiger partial charge < -0.3 is 9.84 Å². The molecule has 4 rings (SSSR count). The number of aromatic nitrogens is 1. The molecule has 1 saturated heterocycles. The van der Waals surface area contributed by atoms with Gasteiger partial charge in [0.15, 0.2) is 0 Å². The Morgan fingerprint density at radius 1 is 1.09 bits per heavy atom. The number of hydrogen-bond donors (Lipinski definition) is 1. The molecule has 32 heavy (non-hydrogen) atoms. The summed E-state index contributed by atoms with van der Waals surface area (Å²) < 4.78 is 5.46. The van der Waals surface area contributed by atoms with Crippen molar-refractivity contribution in [2.75, 3.05) is 11.5 Å². The highest BCUT2D eigenvalue weighted by Gasteiger charge is 2.47. The average Bonchev–Trinajstić information content (AvgIpc) is 3.09. The first kappa shape index (κ1) is 21.3. The Bertz CT molecular complexity index is 1190. The molecule has 1 amide bonds. The number of Topliss-reactive ketones (excluding diaryl/α,β-unsaturated/α-hetero) is 1. The van der Waals surface area contributed by atoms with Crippen LogP contribution in [0.2, 0.25) is 5.02 Å². The van der Waals surface area contributed by atoms with Crippen molar-refractivity contribution in [3.63, 3.8) is 0 Å². The Morgan fingerprint density at radius 2 is 1.81 bits per heavy atom. The van der Waals surface area contributed by atoms with Crippen LogP contribution in [0.25, 0.3) is 5.76 Å². The zero-order valence-electron chi connectivity index (χ0n) is 16.9. The summed E-state index contributed by atoms with van der Waals surface area (Å²) in [6, 6.07) is 17.6. The van der Waals surface area contributed by atoms with Gasteiger partial charge in [-0.1, -0.05) is 42.5 Å². The molecule has 7 heteroatoms. The van der Waals surface area contributed by atoms with Crippen LogP contribution >= 0.6 is 11.6 Å². The van der Waals surface area contributed by atoms with Gasteiger partial charge in [-0.25, -0.2) is 4.98 Å². The van der Waals surface area contributed by atoms with E-state index in [1.165, 1.54) is 11.1 Å². The lowest BCUT2D eigenvalue weighted by molar-refractivity contribution is -0.132. The standard InChI is InChI=1S/C25H19ClN2O4/c1-2-15-32-19-12-8-17(9-13-19)23(29)21-22(16-6-10-18(26)11-7-16)28(25(31)24(21)30)20-5-3-4-14-27-20/h2-14,22,29H,1,15H2/b23-21+/t22-/m1/s1. The van der Waals surface area contributed by atoms with Crippen molar-refractivity contribution in [2.24, 2.45) is 0 Å². The summed E-state index contributed by atoms with van der Waals surface area (Å²) in [7, 11) is 0. The zero-order chi connectivity index (χ0) is 22.7. The van der Waals surface area contributed by atoms with Crippen LogP contribution in [-0.2, 0) is 9.59 Å². The molecule has 6 nitrogen and oxygen atoms in total. The summed E-state index contributed by atoms with van der Waals surface area (Å²) in [4.78, 5) is 31.6. The summed E-state index contributed by atoms with van der Waals surface area (Å²) in [5, 5.41) is 11.6. The van der Waals surface area contributed by atoms with Crippen LogP contribution in [0.5, 0.6) is 5.75 Å². The van der Waals surface area contributed by atoms with Gasteiger partial charge in [0.1, 0.15) is 23.9 Å². The van der Waals surface area contributed by atoms with Crippen LogP contribution in [0.4, 0.5) is 5.82 Å². The maximum atomic E-state index is 13.1. The number of benzene rings is 2. The SMILES string of the molecule is C=CCOc1ccc(/C(O)=C2\C(=O)C(=O)N(c3ccccn3)[C@@H]2c2ccc(Cl)cc2)cc1. The van der Waals surface area contributed by atoms with E-state index >= 15 is 0 Å². The Balaban J connectivity index is 1.84. The van der Waals surface area contributed by atoms with Crippen molar-refractivity contribution in [1.29, 1.82) is 0 Å². The molecule has 1 aliphatic rings. The van der Waals surface area contributed by atoms with E-state index in [0.29, 0.717) is 34.3 Å². The molecule has 2 aromatic carbocycles. The fourth-order valence-electron chi connectivity index (χ4n) is 3.55. The molecule has 3 aromatic rings. The monoisotopic (exact) mass is 446 g/mol. The Labute approximate surface area is 190 Å². The number of amides is 1. The smallest absolute Gasteiger partial charge is 0.301 e. The van der Waals surface area contributed by atoms with Gasteiger partial charge in [0.25, 0.3) is 5.78 Å². The summed E-state index contributed by atoms with van der Waals surface area (Å²) in [5.41, 5.74) is 0.975. The number of rotatable bonds is 6. The molecule has 0 aliphatic carbocycles. The maximum Gasteiger partial charge on any atom is 0.301 e. The fraction of sp³-hybridized carbons (Fsp3) is 0.0800. The molecule has 0 saturated carbocycles. The van der Waals surface area contributed by atoms with Crippen molar-refractivity contribution >= 4 is 34.9 Å². The van der Waals surface area contributed by atoms with Gasteiger partial charge in [0, 0.05) is 16.8 Å². The average molecular weight is 447 g/mol. The molecular weight excluding hydrogens is 428 g/mol. The second-order valence-corrected chi connectivity index (χ2v) is 7.47. The molecule has 1 atom stereocenters. The van der Waals surface area contributed by atoms with Crippen molar-refractivity contribution in [3.05, 3.63) is 107 Å². The highest BCUT2D eigenvalue weighted by molar-refractivity contribution is 6.51. The number of halogens is 1. The Kier molecular flexibility index (Phi) is 6.05.